The van der Waals surface area contributed by atoms with Crippen molar-refractivity contribution in [2.75, 3.05) is 32.7 Å². The van der Waals surface area contributed by atoms with E-state index < -0.39 is 0 Å². The quantitative estimate of drug-likeness (QED) is 0.898. The molecule has 3 atom stereocenters. The zero-order valence-corrected chi connectivity index (χ0v) is 13.5. The minimum absolute atomic E-state index is 0.504. The second kappa shape index (κ2) is 6.91. The lowest BCUT2D eigenvalue weighted by Crippen LogP contribution is -2.56. The number of benzene rings is 1. The summed E-state index contributed by atoms with van der Waals surface area (Å²) in [6.07, 6.45) is 2.76. The maximum atomic E-state index is 3.57. The Kier molecular flexibility index (Phi) is 4.94. The minimum Gasteiger partial charge on any atom is -0.315 e. The van der Waals surface area contributed by atoms with Crippen molar-refractivity contribution in [3.63, 3.8) is 0 Å². The first-order valence-corrected chi connectivity index (χ1v) is 8.55. The van der Waals surface area contributed by atoms with Gasteiger partial charge >= 0.3 is 0 Å². The summed E-state index contributed by atoms with van der Waals surface area (Å²) in [5, 5.41) is 3.57. The van der Waals surface area contributed by atoms with Crippen molar-refractivity contribution in [2.24, 2.45) is 0 Å². The predicted molar refractivity (Wildman–Crippen MR) is 88.5 cm³/mol. The lowest BCUT2D eigenvalue weighted by Gasteiger charge is -2.46. The van der Waals surface area contributed by atoms with Gasteiger partial charge in [-0.15, -0.1) is 0 Å². The van der Waals surface area contributed by atoms with Crippen molar-refractivity contribution in [2.45, 2.75) is 44.8 Å². The number of rotatable bonds is 5. The Bertz CT molecular complexity index is 433. The fourth-order valence-corrected chi connectivity index (χ4v) is 4.03. The molecule has 0 aromatic heterocycles. The van der Waals surface area contributed by atoms with E-state index in [4.69, 9.17) is 0 Å². The summed E-state index contributed by atoms with van der Waals surface area (Å²) in [4.78, 5) is 5.45. The van der Waals surface area contributed by atoms with Crippen molar-refractivity contribution in [1.29, 1.82) is 0 Å². The lowest BCUT2D eigenvalue weighted by atomic mass is 9.99. The van der Waals surface area contributed by atoms with Crippen molar-refractivity contribution in [3.05, 3.63) is 35.9 Å². The summed E-state index contributed by atoms with van der Waals surface area (Å²) in [7, 11) is 0. The van der Waals surface area contributed by atoms with Gasteiger partial charge in [0.25, 0.3) is 0 Å². The Morgan fingerprint density at radius 2 is 2.05 bits per heavy atom. The molecule has 3 nitrogen and oxygen atoms in total. The number of nitrogens with one attached hydrogen (secondary N) is 1. The molecule has 0 amide bonds. The average Bonchev–Trinajstić information content (AvgIpc) is 2.96. The maximum Gasteiger partial charge on any atom is 0.0476 e. The molecule has 116 valence electrons. The van der Waals surface area contributed by atoms with Crippen molar-refractivity contribution < 1.29 is 0 Å². The van der Waals surface area contributed by atoms with Crippen LogP contribution in [-0.2, 0) is 0 Å². The van der Waals surface area contributed by atoms with Crippen molar-refractivity contribution in [3.8, 4) is 0 Å². The zero-order valence-electron chi connectivity index (χ0n) is 13.5. The van der Waals surface area contributed by atoms with Gasteiger partial charge in [-0.1, -0.05) is 37.3 Å². The van der Waals surface area contributed by atoms with Gasteiger partial charge in [0.15, 0.2) is 0 Å². The van der Waals surface area contributed by atoms with Gasteiger partial charge in [0.1, 0.15) is 0 Å². The van der Waals surface area contributed by atoms with Crippen molar-refractivity contribution in [1.82, 2.24) is 15.1 Å². The van der Waals surface area contributed by atoms with Crippen LogP contribution in [0.5, 0.6) is 0 Å². The number of likely N-dealkylation sites (N-methyl/N-ethyl adjacent to an activating group) is 1. The number of nitrogens with zero attached hydrogens (tertiary/aromatic N) is 2. The van der Waals surface area contributed by atoms with E-state index in [1.807, 2.05) is 0 Å². The monoisotopic (exact) mass is 287 g/mol. The van der Waals surface area contributed by atoms with Crippen LogP contribution in [0.25, 0.3) is 0 Å². The molecule has 2 saturated heterocycles. The molecule has 2 heterocycles. The van der Waals surface area contributed by atoms with E-state index >= 15 is 0 Å². The Morgan fingerprint density at radius 3 is 2.81 bits per heavy atom. The second-order valence-corrected chi connectivity index (χ2v) is 6.57. The van der Waals surface area contributed by atoms with E-state index in [1.165, 1.54) is 38.0 Å². The fraction of sp³-hybridized carbons (Fsp3) is 0.667. The largest absolute Gasteiger partial charge is 0.315 e. The number of hydrogen-bond donors (Lipinski definition) is 1. The van der Waals surface area contributed by atoms with Gasteiger partial charge in [0, 0.05) is 37.8 Å². The third-order valence-corrected chi connectivity index (χ3v) is 5.16. The van der Waals surface area contributed by atoms with Crippen LogP contribution in [0.4, 0.5) is 0 Å². The van der Waals surface area contributed by atoms with Crippen LogP contribution in [0.1, 0.15) is 38.3 Å². The highest BCUT2D eigenvalue weighted by Gasteiger charge is 2.37. The SMILES string of the molecule is CCNCC(c1ccccc1)N1CC2CCCN2CC1C. The highest BCUT2D eigenvalue weighted by Crippen LogP contribution is 2.31. The van der Waals surface area contributed by atoms with E-state index in [0.29, 0.717) is 12.1 Å². The van der Waals surface area contributed by atoms with Gasteiger partial charge in [-0.05, 0) is 38.4 Å². The first-order chi connectivity index (χ1) is 10.3. The normalized spacial score (nSPS) is 28.5. The second-order valence-electron chi connectivity index (χ2n) is 6.57. The third-order valence-electron chi connectivity index (χ3n) is 5.16. The van der Waals surface area contributed by atoms with Crippen LogP contribution in [0, 0.1) is 0 Å². The predicted octanol–water partition coefficient (Wildman–Crippen LogP) is 2.51. The molecule has 3 unspecified atom stereocenters. The Labute approximate surface area is 129 Å². The molecule has 0 aliphatic carbocycles. The Morgan fingerprint density at radius 1 is 1.24 bits per heavy atom. The van der Waals surface area contributed by atoms with E-state index in [1.54, 1.807) is 0 Å². The summed E-state index contributed by atoms with van der Waals surface area (Å²) >= 11 is 0. The summed E-state index contributed by atoms with van der Waals surface area (Å²) in [6, 6.07) is 13.0. The maximum absolute atomic E-state index is 3.57. The van der Waals surface area contributed by atoms with E-state index in [9.17, 15) is 0 Å². The topological polar surface area (TPSA) is 18.5 Å². The molecule has 1 aromatic rings. The molecular weight excluding hydrogens is 258 g/mol. The molecule has 1 N–H and O–H groups in total. The smallest absolute Gasteiger partial charge is 0.0476 e. The molecule has 0 saturated carbocycles. The zero-order chi connectivity index (χ0) is 14.7. The van der Waals surface area contributed by atoms with Gasteiger partial charge in [-0.2, -0.15) is 0 Å². The van der Waals surface area contributed by atoms with Crippen LogP contribution in [-0.4, -0.2) is 54.6 Å². The van der Waals surface area contributed by atoms with Crippen LogP contribution in [0.3, 0.4) is 0 Å². The third kappa shape index (κ3) is 3.31. The van der Waals surface area contributed by atoms with E-state index in [-0.39, 0.29) is 0 Å². The van der Waals surface area contributed by atoms with Crippen LogP contribution in [0.15, 0.2) is 30.3 Å². The molecule has 0 radical (unpaired) electrons. The standard InChI is InChI=1S/C18H29N3/c1-3-19-12-18(16-8-5-4-6-9-16)21-14-17-10-7-11-20(17)13-15(21)2/h4-6,8-9,15,17-19H,3,7,10-14H2,1-2H3. The molecule has 3 rings (SSSR count). The van der Waals surface area contributed by atoms with Gasteiger partial charge in [-0.25, -0.2) is 0 Å². The van der Waals surface area contributed by atoms with Gasteiger partial charge < -0.3 is 5.32 Å². The molecule has 2 fully saturated rings. The molecule has 21 heavy (non-hydrogen) atoms. The number of hydrogen-bond acceptors (Lipinski definition) is 3. The highest BCUT2D eigenvalue weighted by molar-refractivity contribution is 5.20. The number of fused-ring (bicyclic) bond motifs is 1. The molecule has 0 bridgehead atoms. The summed E-state index contributed by atoms with van der Waals surface area (Å²) in [5.74, 6) is 0. The first-order valence-electron chi connectivity index (χ1n) is 8.55. The van der Waals surface area contributed by atoms with E-state index in [0.717, 1.165) is 19.1 Å². The lowest BCUT2D eigenvalue weighted by molar-refractivity contribution is 0.0272. The Hall–Kier alpha value is -0.900. The van der Waals surface area contributed by atoms with E-state index in [2.05, 4.69) is 59.3 Å². The molecule has 2 aliphatic rings. The molecule has 0 spiro atoms. The van der Waals surface area contributed by atoms with Crippen LogP contribution >= 0.6 is 0 Å². The summed E-state index contributed by atoms with van der Waals surface area (Å²) in [5.41, 5.74) is 1.46. The van der Waals surface area contributed by atoms with Gasteiger partial charge in [0.2, 0.25) is 0 Å². The van der Waals surface area contributed by atoms with Crippen LogP contribution < -0.4 is 5.32 Å². The average molecular weight is 287 g/mol. The highest BCUT2D eigenvalue weighted by atomic mass is 15.3. The van der Waals surface area contributed by atoms with Gasteiger partial charge in [0.05, 0.1) is 0 Å². The first kappa shape index (κ1) is 15.0. The van der Waals surface area contributed by atoms with Crippen LogP contribution in [0.2, 0.25) is 0 Å². The van der Waals surface area contributed by atoms with Gasteiger partial charge in [-0.3, -0.25) is 9.80 Å². The minimum atomic E-state index is 0.504. The number of piperazine rings is 1. The summed E-state index contributed by atoms with van der Waals surface area (Å²) in [6.45, 7) is 10.5. The molecular formula is C18H29N3. The fourth-order valence-electron chi connectivity index (χ4n) is 4.03. The Balaban J connectivity index is 1.78. The molecule has 1 aromatic carbocycles. The summed E-state index contributed by atoms with van der Waals surface area (Å²) < 4.78 is 0. The molecule has 3 heteroatoms. The molecule has 2 aliphatic heterocycles. The van der Waals surface area contributed by atoms with Crippen molar-refractivity contribution >= 4 is 0 Å².